The van der Waals surface area contributed by atoms with Crippen LogP contribution < -0.4 is 4.90 Å². The number of thiophene rings is 1. The molecular weight excluding hydrogens is 695 g/mol. The summed E-state index contributed by atoms with van der Waals surface area (Å²) >= 11 is 1.88. The Kier molecular flexibility index (Phi) is 7.75. The van der Waals surface area contributed by atoms with Gasteiger partial charge in [-0.1, -0.05) is 164 Å². The van der Waals surface area contributed by atoms with Crippen molar-refractivity contribution in [2.24, 2.45) is 0 Å². The van der Waals surface area contributed by atoms with E-state index >= 15 is 0 Å². The van der Waals surface area contributed by atoms with Crippen molar-refractivity contribution in [3.8, 4) is 33.4 Å². The van der Waals surface area contributed by atoms with E-state index in [0.717, 1.165) is 17.1 Å². The molecule has 11 aromatic rings. The number of nitrogens with zero attached hydrogens (tertiary/aromatic N) is 1. The van der Waals surface area contributed by atoms with Gasteiger partial charge in [0.25, 0.3) is 0 Å². The van der Waals surface area contributed by atoms with Crippen LogP contribution in [0.3, 0.4) is 0 Å². The minimum atomic E-state index is 1.10. The van der Waals surface area contributed by atoms with Crippen molar-refractivity contribution >= 4 is 80.9 Å². The lowest BCUT2D eigenvalue weighted by Crippen LogP contribution is -2.12. The monoisotopic (exact) mass is 729 g/mol. The number of hydrogen-bond donors (Lipinski definition) is 0. The molecule has 1 aromatic heterocycles. The van der Waals surface area contributed by atoms with Crippen LogP contribution in [0.2, 0.25) is 0 Å². The molecule has 0 spiro atoms. The standard InChI is InChI=1S/C54H35NS/c1-3-15-36(16-4-1)45-23-13-14-26-51(45)55(52-33-40-21-9-10-22-43(40)46-24-11-12-25-47(46)52)42-28-29-44(48(35-42)37-17-5-2-6-18-37)41-27-30-53-49(32-41)50-31-38-19-7-8-20-39(38)34-54(50)56-53/h1-35H. The average molecular weight is 730 g/mol. The van der Waals surface area contributed by atoms with Gasteiger partial charge in [0.15, 0.2) is 0 Å². The van der Waals surface area contributed by atoms with Crippen molar-refractivity contribution in [3.63, 3.8) is 0 Å². The predicted octanol–water partition coefficient (Wildman–Crippen LogP) is 16.0. The Morgan fingerprint density at radius 1 is 0.286 bits per heavy atom. The van der Waals surface area contributed by atoms with Crippen molar-refractivity contribution in [2.75, 3.05) is 4.90 Å². The fraction of sp³-hybridized carbons (Fsp3) is 0. The maximum Gasteiger partial charge on any atom is 0.0546 e. The molecule has 0 aliphatic carbocycles. The molecule has 0 aliphatic rings. The molecule has 0 atom stereocenters. The van der Waals surface area contributed by atoms with E-state index in [1.165, 1.54) is 85.9 Å². The van der Waals surface area contributed by atoms with Crippen LogP contribution in [0.25, 0.3) is 85.9 Å². The zero-order chi connectivity index (χ0) is 37.0. The van der Waals surface area contributed by atoms with Crippen molar-refractivity contribution in [3.05, 3.63) is 212 Å². The van der Waals surface area contributed by atoms with Crippen LogP contribution in [0.1, 0.15) is 0 Å². The molecule has 0 saturated carbocycles. The number of para-hydroxylation sites is 1. The number of rotatable bonds is 6. The first-order valence-corrected chi connectivity index (χ1v) is 20.0. The van der Waals surface area contributed by atoms with Gasteiger partial charge in [0.1, 0.15) is 0 Å². The molecule has 0 radical (unpaired) electrons. The molecule has 0 aliphatic heterocycles. The van der Waals surface area contributed by atoms with E-state index in [1.807, 2.05) is 11.3 Å². The Balaban J connectivity index is 1.17. The van der Waals surface area contributed by atoms with Gasteiger partial charge in [-0.15, -0.1) is 11.3 Å². The summed E-state index contributed by atoms with van der Waals surface area (Å²) in [5.74, 6) is 0. The first kappa shape index (κ1) is 32.4. The zero-order valence-electron chi connectivity index (χ0n) is 30.6. The zero-order valence-corrected chi connectivity index (χ0v) is 31.4. The van der Waals surface area contributed by atoms with Crippen LogP contribution in [0, 0.1) is 0 Å². The van der Waals surface area contributed by atoms with Gasteiger partial charge in [0.05, 0.1) is 11.4 Å². The van der Waals surface area contributed by atoms with E-state index in [0.29, 0.717) is 0 Å². The molecule has 0 N–H and O–H groups in total. The number of benzene rings is 10. The Morgan fingerprint density at radius 2 is 0.893 bits per heavy atom. The maximum absolute atomic E-state index is 2.48. The summed E-state index contributed by atoms with van der Waals surface area (Å²) < 4.78 is 2.63. The van der Waals surface area contributed by atoms with Gasteiger partial charge in [-0.25, -0.2) is 0 Å². The Hall–Kier alpha value is -7.00. The highest BCUT2D eigenvalue weighted by Crippen LogP contribution is 2.48. The predicted molar refractivity (Wildman–Crippen MR) is 243 cm³/mol. The van der Waals surface area contributed by atoms with Gasteiger partial charge < -0.3 is 4.90 Å². The molecule has 262 valence electrons. The molecule has 1 heterocycles. The fourth-order valence-electron chi connectivity index (χ4n) is 8.57. The summed E-state index contributed by atoms with van der Waals surface area (Å²) in [5, 5.41) is 10.1. The minimum Gasteiger partial charge on any atom is -0.309 e. The largest absolute Gasteiger partial charge is 0.309 e. The highest BCUT2D eigenvalue weighted by Gasteiger charge is 2.22. The molecule has 56 heavy (non-hydrogen) atoms. The smallest absolute Gasteiger partial charge is 0.0546 e. The maximum atomic E-state index is 2.48. The van der Waals surface area contributed by atoms with Crippen LogP contribution in [-0.2, 0) is 0 Å². The first-order chi connectivity index (χ1) is 27.8. The van der Waals surface area contributed by atoms with E-state index in [9.17, 15) is 0 Å². The van der Waals surface area contributed by atoms with Gasteiger partial charge in [-0.2, -0.15) is 0 Å². The van der Waals surface area contributed by atoms with Crippen LogP contribution in [0.5, 0.6) is 0 Å². The Bertz CT molecular complexity index is 3250. The number of anilines is 3. The highest BCUT2D eigenvalue weighted by molar-refractivity contribution is 7.25. The summed E-state index contributed by atoms with van der Waals surface area (Å²) in [7, 11) is 0. The van der Waals surface area contributed by atoms with Gasteiger partial charge in [-0.3, -0.25) is 0 Å². The van der Waals surface area contributed by atoms with Gasteiger partial charge >= 0.3 is 0 Å². The average Bonchev–Trinajstić information content (AvgIpc) is 3.63. The van der Waals surface area contributed by atoms with E-state index < -0.39 is 0 Å². The molecule has 1 nitrogen and oxygen atoms in total. The summed E-state index contributed by atoms with van der Waals surface area (Å²) in [6.07, 6.45) is 0. The third-order valence-electron chi connectivity index (χ3n) is 11.2. The quantitative estimate of drug-likeness (QED) is 0.154. The molecule has 0 amide bonds. The van der Waals surface area contributed by atoms with Crippen molar-refractivity contribution in [2.45, 2.75) is 0 Å². The molecule has 2 heteroatoms. The number of fused-ring (bicyclic) bond motifs is 7. The van der Waals surface area contributed by atoms with Crippen molar-refractivity contribution in [1.29, 1.82) is 0 Å². The second kappa shape index (κ2) is 13.4. The minimum absolute atomic E-state index is 1.10. The summed E-state index contributed by atoms with van der Waals surface area (Å²) in [5.41, 5.74) is 10.5. The molecule has 0 saturated heterocycles. The number of hydrogen-bond acceptors (Lipinski definition) is 2. The SMILES string of the molecule is c1ccc(-c2cc(N(c3ccccc3-c3ccccc3)c3cc4ccccc4c4ccccc34)ccc2-c2ccc3sc4cc5ccccc5cc4c3c2)cc1. The third-order valence-corrected chi connectivity index (χ3v) is 12.3. The second-order valence-electron chi connectivity index (χ2n) is 14.5. The lowest BCUT2D eigenvalue weighted by molar-refractivity contribution is 1.30. The lowest BCUT2D eigenvalue weighted by atomic mass is 9.92. The summed E-state index contributed by atoms with van der Waals surface area (Å²) in [4.78, 5) is 2.48. The molecule has 0 bridgehead atoms. The molecule has 0 fully saturated rings. The lowest BCUT2D eigenvalue weighted by Gasteiger charge is -2.30. The topological polar surface area (TPSA) is 3.24 Å². The first-order valence-electron chi connectivity index (χ1n) is 19.2. The molecule has 11 rings (SSSR count). The van der Waals surface area contributed by atoms with Crippen molar-refractivity contribution in [1.82, 2.24) is 0 Å². The fourth-order valence-corrected chi connectivity index (χ4v) is 9.68. The van der Waals surface area contributed by atoms with E-state index in [1.54, 1.807) is 0 Å². The molecular formula is C54H35NS. The normalized spacial score (nSPS) is 11.6. The molecule has 10 aromatic carbocycles. The summed E-state index contributed by atoms with van der Waals surface area (Å²) in [6, 6.07) is 77.9. The third kappa shape index (κ3) is 5.46. The van der Waals surface area contributed by atoms with Crippen LogP contribution in [0.15, 0.2) is 212 Å². The van der Waals surface area contributed by atoms with Crippen molar-refractivity contribution < 1.29 is 0 Å². The summed E-state index contributed by atoms with van der Waals surface area (Å²) in [6.45, 7) is 0. The van der Waals surface area contributed by atoms with Gasteiger partial charge in [-0.05, 0) is 103 Å². The Morgan fingerprint density at radius 3 is 1.68 bits per heavy atom. The molecule has 0 unspecified atom stereocenters. The highest BCUT2D eigenvalue weighted by atomic mass is 32.1. The van der Waals surface area contributed by atoms with E-state index in [-0.39, 0.29) is 0 Å². The van der Waals surface area contributed by atoms with E-state index in [4.69, 9.17) is 0 Å². The van der Waals surface area contributed by atoms with Gasteiger partial charge in [0, 0.05) is 36.8 Å². The van der Waals surface area contributed by atoms with Gasteiger partial charge in [0.2, 0.25) is 0 Å². The van der Waals surface area contributed by atoms with Crippen LogP contribution >= 0.6 is 11.3 Å². The van der Waals surface area contributed by atoms with Crippen LogP contribution in [-0.4, -0.2) is 0 Å². The van der Waals surface area contributed by atoms with E-state index in [2.05, 4.69) is 217 Å². The Labute approximate surface area is 330 Å². The van der Waals surface area contributed by atoms with Crippen LogP contribution in [0.4, 0.5) is 17.1 Å². The second-order valence-corrected chi connectivity index (χ2v) is 15.6.